The maximum Gasteiger partial charge on any atom is 0.112 e. The molecular formula is C16H18NO4S2-. The number of hydrogen-bond donors (Lipinski definition) is 0. The minimum absolute atomic E-state index is 0.129. The van der Waals surface area contributed by atoms with E-state index in [0.717, 1.165) is 5.56 Å². The zero-order valence-corrected chi connectivity index (χ0v) is 14.7. The van der Waals surface area contributed by atoms with E-state index in [4.69, 9.17) is 0 Å². The van der Waals surface area contributed by atoms with Gasteiger partial charge in [-0.15, -0.1) is 0 Å². The van der Waals surface area contributed by atoms with Crippen LogP contribution in [0.5, 0.6) is 0 Å². The summed E-state index contributed by atoms with van der Waals surface area (Å²) in [5.74, 6) is 0. The number of nitrogens with zero attached hydrogens (tertiary/aromatic N) is 1. The molecule has 0 aromatic heterocycles. The molecule has 0 heterocycles. The molecule has 0 atom stereocenters. The van der Waals surface area contributed by atoms with Gasteiger partial charge in [0.15, 0.2) is 0 Å². The molecule has 0 aliphatic heterocycles. The van der Waals surface area contributed by atoms with Crippen LogP contribution in [-0.4, -0.2) is 16.8 Å². The van der Waals surface area contributed by atoms with Crippen molar-refractivity contribution in [2.24, 2.45) is 0 Å². The van der Waals surface area contributed by atoms with Gasteiger partial charge in [-0.3, -0.25) is 0 Å². The van der Waals surface area contributed by atoms with Crippen LogP contribution in [0.4, 0.5) is 0 Å². The molecule has 0 fully saturated rings. The van der Waals surface area contributed by atoms with E-state index in [1.165, 1.54) is 36.4 Å². The van der Waals surface area contributed by atoms with E-state index in [1.807, 2.05) is 20.8 Å². The average Bonchev–Trinajstić information content (AvgIpc) is 2.46. The van der Waals surface area contributed by atoms with Gasteiger partial charge >= 0.3 is 0 Å². The predicted molar refractivity (Wildman–Crippen MR) is 89.3 cm³/mol. The Morgan fingerprint density at radius 3 is 1.57 bits per heavy atom. The summed E-state index contributed by atoms with van der Waals surface area (Å²) in [6.45, 7) is 6.00. The second kappa shape index (κ2) is 6.07. The van der Waals surface area contributed by atoms with Crippen molar-refractivity contribution in [3.8, 4) is 0 Å². The van der Waals surface area contributed by atoms with Crippen LogP contribution in [0.25, 0.3) is 4.13 Å². The van der Waals surface area contributed by atoms with Crippen LogP contribution in [0.3, 0.4) is 0 Å². The minimum atomic E-state index is -4.29. The molecule has 5 nitrogen and oxygen atoms in total. The van der Waals surface area contributed by atoms with E-state index in [9.17, 15) is 16.8 Å². The molecule has 2 aromatic carbocycles. The van der Waals surface area contributed by atoms with E-state index in [-0.39, 0.29) is 15.2 Å². The van der Waals surface area contributed by atoms with Crippen molar-refractivity contribution in [3.63, 3.8) is 0 Å². The van der Waals surface area contributed by atoms with Gasteiger partial charge in [-0.2, -0.15) is 0 Å². The molecule has 0 saturated carbocycles. The Morgan fingerprint density at radius 1 is 0.696 bits per heavy atom. The molecule has 0 aliphatic rings. The highest BCUT2D eigenvalue weighted by Crippen LogP contribution is 2.28. The molecule has 124 valence electrons. The van der Waals surface area contributed by atoms with Crippen molar-refractivity contribution >= 4 is 20.0 Å². The van der Waals surface area contributed by atoms with E-state index in [0.29, 0.717) is 0 Å². The van der Waals surface area contributed by atoms with Crippen LogP contribution < -0.4 is 0 Å². The van der Waals surface area contributed by atoms with E-state index in [1.54, 1.807) is 18.2 Å². The van der Waals surface area contributed by atoms with Crippen LogP contribution in [0.15, 0.2) is 64.4 Å². The highest BCUT2D eigenvalue weighted by molar-refractivity contribution is 8.12. The first kappa shape index (κ1) is 17.7. The van der Waals surface area contributed by atoms with Crippen LogP contribution in [0.1, 0.15) is 26.3 Å². The fraction of sp³-hybridized carbons (Fsp3) is 0.250. The number of hydrogen-bond acceptors (Lipinski definition) is 4. The second-order valence-corrected chi connectivity index (χ2v) is 9.55. The molecule has 2 rings (SSSR count). The molecule has 0 saturated heterocycles. The number of sulfonamides is 2. The van der Waals surface area contributed by atoms with Crippen LogP contribution in [0.2, 0.25) is 0 Å². The van der Waals surface area contributed by atoms with Gasteiger partial charge < -0.3 is 4.13 Å². The molecule has 0 bridgehead atoms. The summed E-state index contributed by atoms with van der Waals surface area (Å²) in [4.78, 5) is -0.306. The fourth-order valence-corrected chi connectivity index (χ4v) is 4.64. The zero-order valence-electron chi connectivity index (χ0n) is 13.1. The van der Waals surface area contributed by atoms with Gasteiger partial charge in [0.05, 0.1) is 0 Å². The lowest BCUT2D eigenvalue weighted by Crippen LogP contribution is -2.12. The third-order valence-electron chi connectivity index (χ3n) is 3.26. The van der Waals surface area contributed by atoms with E-state index >= 15 is 0 Å². The first-order chi connectivity index (χ1) is 10.5. The summed E-state index contributed by atoms with van der Waals surface area (Å²) >= 11 is 0. The average molecular weight is 352 g/mol. The molecule has 23 heavy (non-hydrogen) atoms. The lowest BCUT2D eigenvalue weighted by Gasteiger charge is -2.22. The zero-order chi connectivity index (χ0) is 17.3. The quantitative estimate of drug-likeness (QED) is 0.844. The first-order valence-corrected chi connectivity index (χ1v) is 9.80. The monoisotopic (exact) mass is 352 g/mol. The van der Waals surface area contributed by atoms with Crippen molar-refractivity contribution in [1.29, 1.82) is 0 Å². The number of rotatable bonds is 4. The maximum absolute atomic E-state index is 12.2. The van der Waals surface area contributed by atoms with Crippen molar-refractivity contribution in [2.45, 2.75) is 36.0 Å². The van der Waals surface area contributed by atoms with Crippen molar-refractivity contribution in [1.82, 2.24) is 0 Å². The van der Waals surface area contributed by atoms with Crippen LogP contribution in [-0.2, 0) is 25.5 Å². The normalized spacial score (nSPS) is 13.0. The topological polar surface area (TPSA) is 82.4 Å². The smallest absolute Gasteiger partial charge is 0.112 e. The summed E-state index contributed by atoms with van der Waals surface area (Å²) in [6.07, 6.45) is 0. The molecule has 0 spiro atoms. The van der Waals surface area contributed by atoms with Crippen LogP contribution in [0, 0.1) is 0 Å². The minimum Gasteiger partial charge on any atom is -0.428 e. The summed E-state index contributed by atoms with van der Waals surface area (Å²) in [5, 5.41) is 0. The Labute approximate surface area is 137 Å². The van der Waals surface area contributed by atoms with Crippen molar-refractivity contribution in [3.05, 3.63) is 64.3 Å². The molecule has 7 heteroatoms. The van der Waals surface area contributed by atoms with Gasteiger partial charge in [0.1, 0.15) is 20.0 Å². The summed E-state index contributed by atoms with van der Waals surface area (Å²) in [7, 11) is -8.56. The van der Waals surface area contributed by atoms with Gasteiger partial charge in [-0.25, -0.2) is 16.8 Å². The highest BCUT2D eigenvalue weighted by atomic mass is 32.3. The highest BCUT2D eigenvalue weighted by Gasteiger charge is 2.16. The van der Waals surface area contributed by atoms with Crippen LogP contribution >= 0.6 is 0 Å². The molecular weight excluding hydrogens is 334 g/mol. The van der Waals surface area contributed by atoms with Gasteiger partial charge in [-0.1, -0.05) is 51.1 Å². The predicted octanol–water partition coefficient (Wildman–Crippen LogP) is 3.44. The number of benzene rings is 2. The largest absolute Gasteiger partial charge is 0.428 e. The Bertz CT molecular complexity index is 879. The van der Waals surface area contributed by atoms with Gasteiger partial charge in [-0.05, 0) is 35.2 Å². The summed E-state index contributed by atoms with van der Waals surface area (Å²) < 4.78 is 51.8. The Morgan fingerprint density at radius 2 is 1.13 bits per heavy atom. The maximum atomic E-state index is 12.2. The Hall–Kier alpha value is -1.70. The summed E-state index contributed by atoms with van der Waals surface area (Å²) in [5.41, 5.74) is 0.817. The molecule has 0 radical (unpaired) electrons. The van der Waals surface area contributed by atoms with E-state index in [2.05, 4.69) is 4.13 Å². The van der Waals surface area contributed by atoms with Gasteiger partial charge in [0.2, 0.25) is 0 Å². The van der Waals surface area contributed by atoms with Gasteiger partial charge in [0, 0.05) is 9.79 Å². The third-order valence-corrected chi connectivity index (χ3v) is 6.56. The molecule has 0 N–H and O–H groups in total. The SMILES string of the molecule is CC(C)(C)c1ccc(S(=O)(=O)[N-]S(=O)(=O)c2ccccc2)cc1. The van der Waals surface area contributed by atoms with Crippen molar-refractivity contribution < 1.29 is 16.8 Å². The lowest BCUT2D eigenvalue weighted by atomic mass is 9.87. The standard InChI is InChI=1S/C16H18NO4S2/c1-16(2,3)13-9-11-15(12-10-13)23(20,21)17-22(18,19)14-7-5-4-6-8-14/h4-12H,1-3H3/q-1. The second-order valence-electron chi connectivity index (χ2n) is 6.11. The lowest BCUT2D eigenvalue weighted by molar-refractivity contribution is 0.587. The van der Waals surface area contributed by atoms with Crippen molar-refractivity contribution in [2.75, 3.05) is 0 Å². The Kier molecular flexibility index (Phi) is 4.66. The fourth-order valence-electron chi connectivity index (χ4n) is 1.93. The molecule has 0 aliphatic carbocycles. The first-order valence-electron chi connectivity index (χ1n) is 6.92. The molecule has 0 unspecified atom stereocenters. The van der Waals surface area contributed by atoms with Gasteiger partial charge in [0.25, 0.3) is 0 Å². The summed E-state index contributed by atoms with van der Waals surface area (Å²) in [6, 6.07) is 13.3. The Balaban J connectivity index is 2.33. The van der Waals surface area contributed by atoms with E-state index < -0.39 is 20.0 Å². The molecule has 0 amide bonds. The third kappa shape index (κ3) is 4.19. The molecule has 2 aromatic rings.